The molecule has 1 aliphatic rings. The number of halogens is 1. The Morgan fingerprint density at radius 1 is 1.50 bits per heavy atom. The Morgan fingerprint density at radius 3 is 2.79 bits per heavy atom. The first-order valence-electron chi connectivity index (χ1n) is 8.06. The fourth-order valence-corrected chi connectivity index (χ4v) is 2.85. The normalized spacial score (nSPS) is 16.3. The summed E-state index contributed by atoms with van der Waals surface area (Å²) in [6.07, 6.45) is 7.54. The third-order valence-corrected chi connectivity index (χ3v) is 4.69. The van der Waals surface area contributed by atoms with E-state index in [1.165, 1.54) is 18.2 Å². The second-order valence-corrected chi connectivity index (χ2v) is 6.06. The van der Waals surface area contributed by atoms with E-state index in [9.17, 15) is 14.3 Å². The molecule has 6 heteroatoms. The van der Waals surface area contributed by atoms with Gasteiger partial charge in [0, 0.05) is 25.8 Å². The van der Waals surface area contributed by atoms with Gasteiger partial charge < -0.3 is 20.1 Å². The number of aliphatic hydroxyl groups excluding tert-OH is 1. The molecule has 1 aromatic rings. The van der Waals surface area contributed by atoms with Crippen LogP contribution in [0.1, 0.15) is 26.2 Å². The fraction of sp³-hybridized carbons (Fsp3) is 0.500. The zero-order chi connectivity index (χ0) is 17.6. The first-order valence-corrected chi connectivity index (χ1v) is 8.06. The number of urea groups is 1. The van der Waals surface area contributed by atoms with Crippen molar-refractivity contribution in [2.75, 3.05) is 31.6 Å². The Balaban J connectivity index is 2.03. The molecular formula is C18H23FN2O3. The second-order valence-electron chi connectivity index (χ2n) is 6.06. The molecule has 1 aromatic carbocycles. The van der Waals surface area contributed by atoms with Gasteiger partial charge in [0.15, 0.2) is 0 Å². The molecule has 0 atom stereocenters. The number of aliphatic hydroxyl groups is 1. The number of amides is 2. The summed E-state index contributed by atoms with van der Waals surface area (Å²) in [6, 6.07) is 3.58. The number of piperidine rings is 1. The maximum atomic E-state index is 13.5. The number of anilines is 1. The quantitative estimate of drug-likeness (QED) is 0.814. The number of nitrogens with zero attached hydrogens (tertiary/aromatic N) is 1. The maximum absolute atomic E-state index is 13.5. The molecule has 2 amide bonds. The number of carbonyl (C=O) groups excluding carboxylic acids is 1. The predicted octanol–water partition coefficient (Wildman–Crippen LogP) is 2.85. The third kappa shape index (κ3) is 4.18. The van der Waals surface area contributed by atoms with Crippen molar-refractivity contribution < 1.29 is 19.0 Å². The monoisotopic (exact) mass is 334 g/mol. The number of carbonyl (C=O) groups is 1. The van der Waals surface area contributed by atoms with Gasteiger partial charge in [0.2, 0.25) is 0 Å². The van der Waals surface area contributed by atoms with Gasteiger partial charge in [0.1, 0.15) is 18.2 Å². The van der Waals surface area contributed by atoms with Crippen molar-refractivity contribution >= 4 is 11.7 Å². The number of terminal acetylenes is 1. The Bertz CT molecular complexity index is 613. The molecular weight excluding hydrogens is 311 g/mol. The molecule has 130 valence electrons. The van der Waals surface area contributed by atoms with Gasteiger partial charge in [-0.3, -0.25) is 0 Å². The molecule has 0 aromatic heterocycles. The maximum Gasteiger partial charge on any atom is 0.321 e. The highest BCUT2D eigenvalue weighted by molar-refractivity contribution is 5.91. The lowest BCUT2D eigenvalue weighted by Gasteiger charge is -2.40. The standard InChI is InChI=1S/C18H23FN2O3/c1-3-11-24-16-6-5-14(19)12-15(16)20-17(23)21-9-7-18(4-2,13-22)8-10-21/h1,5-6,12,22H,4,7-11,13H2,2H3,(H,20,23). The van der Waals surface area contributed by atoms with Crippen LogP contribution in [0.3, 0.4) is 0 Å². The largest absolute Gasteiger partial charge is 0.479 e. The van der Waals surface area contributed by atoms with Crippen LogP contribution in [0.4, 0.5) is 14.9 Å². The minimum Gasteiger partial charge on any atom is -0.479 e. The summed E-state index contributed by atoms with van der Waals surface area (Å²) in [5.74, 6) is 2.20. The summed E-state index contributed by atoms with van der Waals surface area (Å²) in [7, 11) is 0. The number of hydrogen-bond acceptors (Lipinski definition) is 3. The van der Waals surface area contributed by atoms with Gasteiger partial charge in [-0.2, -0.15) is 0 Å². The SMILES string of the molecule is C#CCOc1ccc(F)cc1NC(=O)N1CCC(CC)(CO)CC1. The summed E-state index contributed by atoms with van der Waals surface area (Å²) in [5.41, 5.74) is 0.154. The Hall–Kier alpha value is -2.26. The highest BCUT2D eigenvalue weighted by atomic mass is 19.1. The summed E-state index contributed by atoms with van der Waals surface area (Å²) in [6.45, 7) is 3.32. The van der Waals surface area contributed by atoms with Gasteiger partial charge in [-0.05, 0) is 36.8 Å². The molecule has 2 rings (SSSR count). The van der Waals surface area contributed by atoms with Gasteiger partial charge in [-0.15, -0.1) is 6.42 Å². The van der Waals surface area contributed by atoms with E-state index in [1.807, 2.05) is 6.92 Å². The highest BCUT2D eigenvalue weighted by Gasteiger charge is 2.34. The van der Waals surface area contributed by atoms with Crippen LogP contribution in [0.2, 0.25) is 0 Å². The van der Waals surface area contributed by atoms with Gasteiger partial charge in [0.05, 0.1) is 5.69 Å². The summed E-state index contributed by atoms with van der Waals surface area (Å²) in [5, 5.41) is 12.2. The fourth-order valence-electron chi connectivity index (χ4n) is 2.85. The van der Waals surface area contributed by atoms with Gasteiger partial charge in [0.25, 0.3) is 0 Å². The van der Waals surface area contributed by atoms with Crippen LogP contribution in [0.25, 0.3) is 0 Å². The van der Waals surface area contributed by atoms with Gasteiger partial charge in [-0.1, -0.05) is 12.8 Å². The number of likely N-dealkylation sites (tertiary alicyclic amines) is 1. The molecule has 1 aliphatic heterocycles. The molecule has 0 bridgehead atoms. The minimum absolute atomic E-state index is 0.0355. The Morgan fingerprint density at radius 2 is 2.21 bits per heavy atom. The van der Waals surface area contributed by atoms with Crippen molar-refractivity contribution in [2.45, 2.75) is 26.2 Å². The molecule has 1 fully saturated rings. The number of benzene rings is 1. The number of nitrogens with one attached hydrogen (secondary N) is 1. The first kappa shape index (κ1) is 18.1. The van der Waals surface area contributed by atoms with Crippen molar-refractivity contribution in [1.82, 2.24) is 4.90 Å². The van der Waals surface area contributed by atoms with Crippen LogP contribution in [0.5, 0.6) is 5.75 Å². The Labute approximate surface area is 141 Å². The highest BCUT2D eigenvalue weighted by Crippen LogP contribution is 2.34. The lowest BCUT2D eigenvalue weighted by Crippen LogP contribution is -2.46. The molecule has 0 radical (unpaired) electrons. The minimum atomic E-state index is -0.470. The summed E-state index contributed by atoms with van der Waals surface area (Å²) in [4.78, 5) is 14.1. The average Bonchev–Trinajstić information content (AvgIpc) is 2.61. The van der Waals surface area contributed by atoms with E-state index in [0.29, 0.717) is 18.8 Å². The van der Waals surface area contributed by atoms with Crippen LogP contribution in [0.15, 0.2) is 18.2 Å². The summed E-state index contributed by atoms with van der Waals surface area (Å²) < 4.78 is 18.8. The molecule has 2 N–H and O–H groups in total. The van der Waals surface area contributed by atoms with Crippen molar-refractivity contribution in [1.29, 1.82) is 0 Å². The zero-order valence-electron chi connectivity index (χ0n) is 13.8. The Kier molecular flexibility index (Phi) is 6.04. The zero-order valence-corrected chi connectivity index (χ0v) is 13.8. The van der Waals surface area contributed by atoms with Crippen molar-refractivity contribution in [3.63, 3.8) is 0 Å². The van der Waals surface area contributed by atoms with Crippen molar-refractivity contribution in [2.24, 2.45) is 5.41 Å². The number of rotatable bonds is 5. The van der Waals surface area contributed by atoms with E-state index in [2.05, 4.69) is 11.2 Å². The van der Waals surface area contributed by atoms with E-state index < -0.39 is 5.82 Å². The average molecular weight is 334 g/mol. The second kappa shape index (κ2) is 8.02. The van der Waals surface area contributed by atoms with Crippen LogP contribution in [-0.2, 0) is 0 Å². The van der Waals surface area contributed by atoms with E-state index in [0.717, 1.165) is 19.3 Å². The smallest absolute Gasteiger partial charge is 0.321 e. The first-order chi connectivity index (χ1) is 11.5. The third-order valence-electron chi connectivity index (χ3n) is 4.69. The number of hydrogen-bond donors (Lipinski definition) is 2. The van der Waals surface area contributed by atoms with Gasteiger partial charge in [-0.25, -0.2) is 9.18 Å². The molecule has 1 heterocycles. The molecule has 0 saturated carbocycles. The number of ether oxygens (including phenoxy) is 1. The predicted molar refractivity (Wildman–Crippen MR) is 90.4 cm³/mol. The van der Waals surface area contributed by atoms with Crippen molar-refractivity contribution in [3.05, 3.63) is 24.0 Å². The molecule has 5 nitrogen and oxygen atoms in total. The summed E-state index contributed by atoms with van der Waals surface area (Å²) >= 11 is 0. The molecule has 0 unspecified atom stereocenters. The van der Waals surface area contributed by atoms with Crippen LogP contribution < -0.4 is 10.1 Å². The van der Waals surface area contributed by atoms with E-state index in [1.54, 1.807) is 4.90 Å². The lowest BCUT2D eigenvalue weighted by molar-refractivity contribution is 0.0542. The van der Waals surface area contributed by atoms with Crippen LogP contribution in [0, 0.1) is 23.6 Å². The molecule has 24 heavy (non-hydrogen) atoms. The van der Waals surface area contributed by atoms with Gasteiger partial charge >= 0.3 is 6.03 Å². The van der Waals surface area contributed by atoms with Crippen LogP contribution in [-0.4, -0.2) is 42.3 Å². The topological polar surface area (TPSA) is 61.8 Å². The molecule has 0 aliphatic carbocycles. The molecule has 0 spiro atoms. The lowest BCUT2D eigenvalue weighted by atomic mass is 9.77. The van der Waals surface area contributed by atoms with E-state index >= 15 is 0 Å². The van der Waals surface area contributed by atoms with E-state index in [4.69, 9.17) is 11.2 Å². The van der Waals surface area contributed by atoms with Crippen LogP contribution >= 0.6 is 0 Å². The van der Waals surface area contributed by atoms with Crippen molar-refractivity contribution in [3.8, 4) is 18.1 Å². The molecule has 1 saturated heterocycles. The van der Waals surface area contributed by atoms with E-state index in [-0.39, 0.29) is 30.3 Å².